The highest BCUT2D eigenvalue weighted by molar-refractivity contribution is 5.40. The van der Waals surface area contributed by atoms with Crippen molar-refractivity contribution in [3.8, 4) is 0 Å². The standard InChI is InChI=1S/C10H15N7/c1-8-13-9-11-7-12-17(9)10(14-8)16-5-3-15(2)4-6-16/h7H,3-6H2,1-2H3. The molecule has 0 saturated carbocycles. The SMILES string of the molecule is Cc1nc(N2CCN(C)CC2)n2ncnc2n1. The first kappa shape index (κ1) is 10.4. The van der Waals surface area contributed by atoms with Gasteiger partial charge in [-0.25, -0.2) is 0 Å². The predicted octanol–water partition coefficient (Wildman–Crippen LogP) is -0.420. The van der Waals surface area contributed by atoms with Gasteiger partial charge in [0.05, 0.1) is 0 Å². The number of piperazine rings is 1. The summed E-state index contributed by atoms with van der Waals surface area (Å²) in [6.45, 7) is 5.89. The largest absolute Gasteiger partial charge is 0.338 e. The number of likely N-dealkylation sites (N-methyl/N-ethyl adjacent to an activating group) is 1. The molecule has 7 nitrogen and oxygen atoms in total. The van der Waals surface area contributed by atoms with Crippen LogP contribution in [0.5, 0.6) is 0 Å². The molecular weight excluding hydrogens is 218 g/mol. The van der Waals surface area contributed by atoms with E-state index in [9.17, 15) is 0 Å². The molecule has 90 valence electrons. The summed E-state index contributed by atoms with van der Waals surface area (Å²) in [6, 6.07) is 0. The lowest BCUT2D eigenvalue weighted by Crippen LogP contribution is -2.45. The molecule has 0 unspecified atom stereocenters. The van der Waals surface area contributed by atoms with Crippen molar-refractivity contribution < 1.29 is 0 Å². The lowest BCUT2D eigenvalue weighted by atomic mass is 10.3. The van der Waals surface area contributed by atoms with Crippen LogP contribution in [0.2, 0.25) is 0 Å². The number of hydrogen-bond donors (Lipinski definition) is 0. The van der Waals surface area contributed by atoms with E-state index in [4.69, 9.17) is 0 Å². The van der Waals surface area contributed by atoms with Crippen LogP contribution in [-0.4, -0.2) is 62.7 Å². The van der Waals surface area contributed by atoms with E-state index in [1.54, 1.807) is 4.52 Å². The summed E-state index contributed by atoms with van der Waals surface area (Å²) in [7, 11) is 2.13. The number of anilines is 1. The number of fused-ring (bicyclic) bond motifs is 1. The molecule has 1 saturated heterocycles. The summed E-state index contributed by atoms with van der Waals surface area (Å²) in [5, 5.41) is 4.18. The summed E-state index contributed by atoms with van der Waals surface area (Å²) >= 11 is 0. The zero-order valence-corrected chi connectivity index (χ0v) is 10.0. The Bertz CT molecular complexity index is 526. The van der Waals surface area contributed by atoms with Gasteiger partial charge < -0.3 is 9.80 Å². The van der Waals surface area contributed by atoms with Crippen molar-refractivity contribution in [3.63, 3.8) is 0 Å². The number of aromatic nitrogens is 5. The van der Waals surface area contributed by atoms with E-state index in [2.05, 4.69) is 36.9 Å². The van der Waals surface area contributed by atoms with Gasteiger partial charge in [-0.05, 0) is 14.0 Å². The van der Waals surface area contributed by atoms with Crippen LogP contribution in [0, 0.1) is 6.92 Å². The van der Waals surface area contributed by atoms with Gasteiger partial charge in [-0.3, -0.25) is 0 Å². The second kappa shape index (κ2) is 3.92. The van der Waals surface area contributed by atoms with Gasteiger partial charge in [0.1, 0.15) is 12.2 Å². The predicted molar refractivity (Wildman–Crippen MR) is 63.0 cm³/mol. The molecule has 0 N–H and O–H groups in total. The Labute approximate surface area is 99.1 Å². The van der Waals surface area contributed by atoms with Crippen LogP contribution in [0.25, 0.3) is 5.78 Å². The topological polar surface area (TPSA) is 62.5 Å². The Hall–Kier alpha value is -1.76. The first-order valence-corrected chi connectivity index (χ1v) is 5.72. The summed E-state index contributed by atoms with van der Waals surface area (Å²) in [5.41, 5.74) is 0. The Morgan fingerprint density at radius 3 is 2.65 bits per heavy atom. The Balaban J connectivity index is 2.01. The molecule has 7 heteroatoms. The van der Waals surface area contributed by atoms with Crippen molar-refractivity contribution >= 4 is 11.7 Å². The molecule has 3 rings (SSSR count). The lowest BCUT2D eigenvalue weighted by molar-refractivity contribution is 0.310. The van der Waals surface area contributed by atoms with Crippen molar-refractivity contribution in [1.29, 1.82) is 0 Å². The Morgan fingerprint density at radius 2 is 1.88 bits per heavy atom. The molecule has 0 aromatic carbocycles. The van der Waals surface area contributed by atoms with Gasteiger partial charge in [-0.2, -0.15) is 24.6 Å². The Kier molecular flexibility index (Phi) is 2.40. The third-order valence-electron chi connectivity index (χ3n) is 3.03. The van der Waals surface area contributed by atoms with E-state index in [0.29, 0.717) is 5.78 Å². The number of hydrogen-bond acceptors (Lipinski definition) is 6. The molecule has 0 aliphatic carbocycles. The maximum atomic E-state index is 4.48. The van der Waals surface area contributed by atoms with Crippen LogP contribution >= 0.6 is 0 Å². The van der Waals surface area contributed by atoms with Gasteiger partial charge in [0, 0.05) is 26.2 Å². The molecule has 1 aliphatic rings. The third kappa shape index (κ3) is 1.82. The second-order valence-corrected chi connectivity index (χ2v) is 4.33. The van der Waals surface area contributed by atoms with Gasteiger partial charge in [0.2, 0.25) is 5.95 Å². The van der Waals surface area contributed by atoms with Gasteiger partial charge in [-0.15, -0.1) is 0 Å². The van der Waals surface area contributed by atoms with Crippen LogP contribution in [0.4, 0.5) is 5.95 Å². The minimum Gasteiger partial charge on any atom is -0.338 e. The first-order chi connectivity index (χ1) is 8.24. The maximum absolute atomic E-state index is 4.48. The van der Waals surface area contributed by atoms with E-state index >= 15 is 0 Å². The number of rotatable bonds is 1. The summed E-state index contributed by atoms with van der Waals surface area (Å²) < 4.78 is 1.71. The normalized spacial score (nSPS) is 17.9. The zero-order chi connectivity index (χ0) is 11.8. The molecule has 3 heterocycles. The smallest absolute Gasteiger partial charge is 0.257 e. The van der Waals surface area contributed by atoms with E-state index in [1.165, 1.54) is 6.33 Å². The molecule has 2 aromatic heterocycles. The summed E-state index contributed by atoms with van der Waals surface area (Å²) in [4.78, 5) is 17.4. The molecule has 0 atom stereocenters. The summed E-state index contributed by atoms with van der Waals surface area (Å²) in [6.07, 6.45) is 1.52. The van der Waals surface area contributed by atoms with Crippen LogP contribution in [0.3, 0.4) is 0 Å². The monoisotopic (exact) mass is 233 g/mol. The van der Waals surface area contributed by atoms with Crippen molar-refractivity contribution in [2.45, 2.75) is 6.92 Å². The maximum Gasteiger partial charge on any atom is 0.257 e. The summed E-state index contributed by atoms with van der Waals surface area (Å²) in [5.74, 6) is 2.20. The minimum atomic E-state index is 0.617. The number of aryl methyl sites for hydroxylation is 1. The molecule has 0 radical (unpaired) electrons. The van der Waals surface area contributed by atoms with Crippen LogP contribution in [0.1, 0.15) is 5.82 Å². The van der Waals surface area contributed by atoms with Gasteiger partial charge in [0.25, 0.3) is 5.78 Å². The highest BCUT2D eigenvalue weighted by Gasteiger charge is 2.19. The van der Waals surface area contributed by atoms with E-state index in [-0.39, 0.29) is 0 Å². The van der Waals surface area contributed by atoms with Crippen LogP contribution in [0.15, 0.2) is 6.33 Å². The fraction of sp³-hybridized carbons (Fsp3) is 0.600. The van der Waals surface area contributed by atoms with Crippen molar-refractivity contribution in [3.05, 3.63) is 12.2 Å². The minimum absolute atomic E-state index is 0.617. The van der Waals surface area contributed by atoms with Crippen LogP contribution < -0.4 is 4.90 Å². The molecule has 1 fully saturated rings. The molecule has 0 spiro atoms. The Morgan fingerprint density at radius 1 is 1.12 bits per heavy atom. The van der Waals surface area contributed by atoms with Gasteiger partial charge >= 0.3 is 0 Å². The molecule has 17 heavy (non-hydrogen) atoms. The average molecular weight is 233 g/mol. The van der Waals surface area contributed by atoms with Crippen molar-refractivity contribution in [2.75, 3.05) is 38.1 Å². The van der Waals surface area contributed by atoms with Gasteiger partial charge in [0.15, 0.2) is 0 Å². The van der Waals surface area contributed by atoms with E-state index in [1.807, 2.05) is 6.92 Å². The van der Waals surface area contributed by atoms with Crippen molar-refractivity contribution in [1.82, 2.24) is 29.5 Å². The fourth-order valence-electron chi connectivity index (χ4n) is 2.03. The van der Waals surface area contributed by atoms with Crippen LogP contribution in [-0.2, 0) is 0 Å². The second-order valence-electron chi connectivity index (χ2n) is 4.33. The molecule has 0 bridgehead atoms. The molecular formula is C10H15N7. The van der Waals surface area contributed by atoms with Gasteiger partial charge in [-0.1, -0.05) is 0 Å². The lowest BCUT2D eigenvalue weighted by Gasteiger charge is -2.32. The fourth-order valence-corrected chi connectivity index (χ4v) is 2.03. The highest BCUT2D eigenvalue weighted by atomic mass is 15.4. The zero-order valence-electron chi connectivity index (χ0n) is 10.0. The molecule has 2 aromatic rings. The van der Waals surface area contributed by atoms with Crippen molar-refractivity contribution in [2.24, 2.45) is 0 Å². The average Bonchev–Trinajstić information content (AvgIpc) is 2.77. The number of nitrogens with zero attached hydrogens (tertiary/aromatic N) is 7. The molecule has 1 aliphatic heterocycles. The van der Waals surface area contributed by atoms with E-state index in [0.717, 1.165) is 38.0 Å². The molecule has 0 amide bonds. The highest BCUT2D eigenvalue weighted by Crippen LogP contribution is 2.13. The first-order valence-electron chi connectivity index (χ1n) is 5.72. The quantitative estimate of drug-likeness (QED) is 0.666. The van der Waals surface area contributed by atoms with E-state index < -0.39 is 0 Å². The third-order valence-corrected chi connectivity index (χ3v) is 3.03.